The van der Waals surface area contributed by atoms with Crippen molar-refractivity contribution >= 4 is 5.91 Å². The normalized spacial score (nSPS) is 28.0. The van der Waals surface area contributed by atoms with Crippen LogP contribution in [0.25, 0.3) is 0 Å². The summed E-state index contributed by atoms with van der Waals surface area (Å²) in [5.74, 6) is 0.388. The minimum atomic E-state index is -4.38. The Bertz CT molecular complexity index is 702. The molecule has 2 heterocycles. The van der Waals surface area contributed by atoms with Crippen LogP contribution in [0.3, 0.4) is 0 Å². The van der Waals surface area contributed by atoms with Crippen LogP contribution in [0.1, 0.15) is 62.4 Å². The molecule has 1 atom stereocenters. The van der Waals surface area contributed by atoms with Crippen LogP contribution >= 0.6 is 0 Å². The van der Waals surface area contributed by atoms with E-state index in [0.717, 1.165) is 18.9 Å². The van der Waals surface area contributed by atoms with Crippen LogP contribution in [0.4, 0.5) is 13.2 Å². The predicted molar refractivity (Wildman–Crippen MR) is 95.0 cm³/mol. The Balaban J connectivity index is 1.58. The molecule has 0 unspecified atom stereocenters. The number of piperidine rings is 1. The van der Waals surface area contributed by atoms with Gasteiger partial charge in [-0.25, -0.2) is 0 Å². The van der Waals surface area contributed by atoms with Gasteiger partial charge in [-0.3, -0.25) is 9.78 Å². The first-order valence-electron chi connectivity index (χ1n) is 9.54. The van der Waals surface area contributed by atoms with Crippen molar-refractivity contribution in [1.29, 1.82) is 0 Å². The second kappa shape index (κ2) is 7.08. The molecule has 7 heteroatoms. The summed E-state index contributed by atoms with van der Waals surface area (Å²) in [4.78, 5) is 18.6. The number of hydrogen-bond acceptors (Lipinski definition) is 3. The first kappa shape index (κ1) is 20.1. The van der Waals surface area contributed by atoms with E-state index >= 15 is 0 Å². The SMILES string of the molecule is Cc1nc([C@@H](C)C2CCN(C(=O)[C@H]3C[C@@](C)(O)C3)CC2)ccc1C(F)(F)F. The van der Waals surface area contributed by atoms with E-state index in [9.17, 15) is 23.1 Å². The van der Waals surface area contributed by atoms with Gasteiger partial charge in [0, 0.05) is 36.3 Å². The Morgan fingerprint density at radius 2 is 1.89 bits per heavy atom. The number of rotatable bonds is 3. The average Bonchev–Trinajstić information content (AvgIpc) is 2.57. The second-order valence-corrected chi connectivity index (χ2v) is 8.42. The molecule has 0 bridgehead atoms. The molecule has 150 valence electrons. The van der Waals surface area contributed by atoms with Crippen LogP contribution in [0, 0.1) is 18.8 Å². The van der Waals surface area contributed by atoms with Crippen LogP contribution in [-0.2, 0) is 11.0 Å². The molecule has 1 aliphatic heterocycles. The number of carbonyl (C=O) groups is 1. The Kier molecular flexibility index (Phi) is 5.27. The highest BCUT2D eigenvalue weighted by Crippen LogP contribution is 2.40. The summed E-state index contributed by atoms with van der Waals surface area (Å²) in [5.41, 5.74) is -0.703. The van der Waals surface area contributed by atoms with E-state index in [1.165, 1.54) is 13.0 Å². The molecule has 0 radical (unpaired) electrons. The van der Waals surface area contributed by atoms with Gasteiger partial charge in [0.15, 0.2) is 0 Å². The smallest absolute Gasteiger partial charge is 0.390 e. The summed E-state index contributed by atoms with van der Waals surface area (Å²) in [7, 11) is 0. The quantitative estimate of drug-likeness (QED) is 0.860. The number of aromatic nitrogens is 1. The van der Waals surface area contributed by atoms with E-state index in [-0.39, 0.29) is 23.4 Å². The molecule has 2 fully saturated rings. The zero-order chi connectivity index (χ0) is 20.0. The zero-order valence-corrected chi connectivity index (χ0v) is 16.0. The molecule has 3 rings (SSSR count). The number of pyridine rings is 1. The summed E-state index contributed by atoms with van der Waals surface area (Å²) < 4.78 is 38.7. The number of aryl methyl sites for hydroxylation is 1. The van der Waals surface area contributed by atoms with Crippen LogP contribution in [0.2, 0.25) is 0 Å². The summed E-state index contributed by atoms with van der Waals surface area (Å²) >= 11 is 0. The maximum absolute atomic E-state index is 12.9. The lowest BCUT2D eigenvalue weighted by molar-refractivity contribution is -0.151. The monoisotopic (exact) mass is 384 g/mol. The van der Waals surface area contributed by atoms with Gasteiger partial charge in [0.05, 0.1) is 11.2 Å². The molecule has 1 aliphatic carbocycles. The van der Waals surface area contributed by atoms with Crippen LogP contribution in [-0.4, -0.2) is 39.6 Å². The fourth-order valence-corrected chi connectivity index (χ4v) is 4.43. The largest absolute Gasteiger partial charge is 0.418 e. The van der Waals surface area contributed by atoms with Crippen molar-refractivity contribution in [3.05, 3.63) is 29.1 Å². The Morgan fingerprint density at radius 1 is 1.30 bits per heavy atom. The molecule has 4 nitrogen and oxygen atoms in total. The van der Waals surface area contributed by atoms with E-state index in [1.54, 1.807) is 6.92 Å². The van der Waals surface area contributed by atoms with Gasteiger partial charge in [-0.1, -0.05) is 6.92 Å². The second-order valence-electron chi connectivity index (χ2n) is 8.42. The molecule has 1 N–H and O–H groups in total. The summed E-state index contributed by atoms with van der Waals surface area (Å²) in [6.07, 6.45) is -1.69. The Morgan fingerprint density at radius 3 is 2.37 bits per heavy atom. The number of aliphatic hydroxyl groups is 1. The molecule has 1 aromatic heterocycles. The average molecular weight is 384 g/mol. The van der Waals surface area contributed by atoms with Gasteiger partial charge < -0.3 is 10.0 Å². The summed E-state index contributed by atoms with van der Waals surface area (Å²) in [6, 6.07) is 2.60. The first-order chi connectivity index (χ1) is 12.5. The molecule has 27 heavy (non-hydrogen) atoms. The summed E-state index contributed by atoms with van der Waals surface area (Å²) in [5, 5.41) is 9.82. The van der Waals surface area contributed by atoms with Crippen molar-refractivity contribution in [2.75, 3.05) is 13.1 Å². The molecular formula is C20H27F3N2O2. The topological polar surface area (TPSA) is 53.4 Å². The first-order valence-corrected chi connectivity index (χ1v) is 9.54. The number of likely N-dealkylation sites (tertiary alicyclic amines) is 1. The van der Waals surface area contributed by atoms with E-state index < -0.39 is 17.3 Å². The number of amides is 1. The van der Waals surface area contributed by atoms with Crippen LogP contribution in [0.15, 0.2) is 12.1 Å². The number of nitrogens with zero attached hydrogens (tertiary/aromatic N) is 2. The van der Waals surface area contributed by atoms with Gasteiger partial charge in [-0.05, 0) is 57.6 Å². The molecule has 1 saturated heterocycles. The van der Waals surface area contributed by atoms with E-state index in [1.807, 2.05) is 11.8 Å². The molecular weight excluding hydrogens is 357 g/mol. The number of alkyl halides is 3. The third-order valence-electron chi connectivity index (χ3n) is 6.16. The molecule has 2 aliphatic rings. The molecule has 0 spiro atoms. The summed E-state index contributed by atoms with van der Waals surface area (Å²) in [6.45, 7) is 6.47. The molecule has 0 aromatic carbocycles. The third kappa shape index (κ3) is 4.28. The van der Waals surface area contributed by atoms with Crippen molar-refractivity contribution in [3.8, 4) is 0 Å². The Hall–Kier alpha value is -1.63. The molecule has 1 aromatic rings. The number of carbonyl (C=O) groups excluding carboxylic acids is 1. The van der Waals surface area contributed by atoms with Gasteiger partial charge in [-0.15, -0.1) is 0 Å². The van der Waals surface area contributed by atoms with Crippen molar-refractivity contribution in [2.45, 2.75) is 64.1 Å². The number of halogens is 3. The fraction of sp³-hybridized carbons (Fsp3) is 0.700. The van der Waals surface area contributed by atoms with Gasteiger partial charge >= 0.3 is 6.18 Å². The lowest BCUT2D eigenvalue weighted by atomic mass is 9.71. The molecule has 1 amide bonds. The minimum absolute atomic E-state index is 0.0106. The van der Waals surface area contributed by atoms with Crippen molar-refractivity contribution in [2.24, 2.45) is 11.8 Å². The number of hydrogen-bond donors (Lipinski definition) is 1. The van der Waals surface area contributed by atoms with E-state index in [0.29, 0.717) is 37.5 Å². The zero-order valence-electron chi connectivity index (χ0n) is 16.0. The predicted octanol–water partition coefficient (Wildman–Crippen LogP) is 3.91. The van der Waals surface area contributed by atoms with Gasteiger partial charge in [0.1, 0.15) is 0 Å². The lowest BCUT2D eigenvalue weighted by Crippen LogP contribution is -2.51. The van der Waals surface area contributed by atoms with Crippen LogP contribution < -0.4 is 0 Å². The standard InChI is InChI=1S/C20H27F3N2O2/c1-12(17-5-4-16(13(2)24-17)20(21,22)23)14-6-8-25(9-7-14)18(26)15-10-19(3,27)11-15/h4-5,12,14-15,27H,6-11H2,1-3H3/t12-,15-,19+/m0/s1. The van der Waals surface area contributed by atoms with E-state index in [4.69, 9.17) is 0 Å². The molecule has 1 saturated carbocycles. The van der Waals surface area contributed by atoms with E-state index in [2.05, 4.69) is 4.98 Å². The highest BCUT2D eigenvalue weighted by atomic mass is 19.4. The van der Waals surface area contributed by atoms with Crippen LogP contribution in [0.5, 0.6) is 0 Å². The maximum Gasteiger partial charge on any atom is 0.418 e. The van der Waals surface area contributed by atoms with Gasteiger partial charge in [0.25, 0.3) is 0 Å². The fourth-order valence-electron chi connectivity index (χ4n) is 4.43. The van der Waals surface area contributed by atoms with Crippen molar-refractivity contribution in [1.82, 2.24) is 9.88 Å². The highest BCUT2D eigenvalue weighted by Gasteiger charge is 2.44. The highest BCUT2D eigenvalue weighted by molar-refractivity contribution is 5.80. The maximum atomic E-state index is 12.9. The van der Waals surface area contributed by atoms with Crippen molar-refractivity contribution in [3.63, 3.8) is 0 Å². The van der Waals surface area contributed by atoms with Crippen molar-refractivity contribution < 1.29 is 23.1 Å². The van der Waals surface area contributed by atoms with Gasteiger partial charge in [0.2, 0.25) is 5.91 Å². The minimum Gasteiger partial charge on any atom is -0.390 e. The van der Waals surface area contributed by atoms with Gasteiger partial charge in [-0.2, -0.15) is 13.2 Å². The lowest BCUT2D eigenvalue weighted by Gasteiger charge is -2.44. The Labute approximate surface area is 157 Å². The third-order valence-corrected chi connectivity index (χ3v) is 6.16.